The third-order valence-corrected chi connectivity index (χ3v) is 17.7. The highest BCUT2D eigenvalue weighted by molar-refractivity contribution is 8.01. The summed E-state index contributed by atoms with van der Waals surface area (Å²) < 4.78 is 0. The Balaban J connectivity index is 1.27. The third-order valence-electron chi connectivity index (χ3n) is 10.5. The number of hydrogen-bond donors (Lipinski definition) is 0. The van der Waals surface area contributed by atoms with Crippen LogP contribution in [0.25, 0.3) is 0 Å². The van der Waals surface area contributed by atoms with Crippen molar-refractivity contribution >= 4 is 92.5 Å². The minimum absolute atomic E-state index is 0.247. The molecule has 0 spiro atoms. The molecule has 0 atom stereocenters. The molecule has 10 rings (SSSR count). The Kier molecular flexibility index (Phi) is 6.67. The maximum absolute atomic E-state index is 2.71. The molecular formula is C44H32BNS2Si. The van der Waals surface area contributed by atoms with Crippen molar-refractivity contribution < 1.29 is 0 Å². The molecule has 0 amide bonds. The lowest BCUT2D eigenvalue weighted by atomic mass is 9.36. The zero-order chi connectivity index (χ0) is 32.7. The lowest BCUT2D eigenvalue weighted by molar-refractivity contribution is 1.23. The van der Waals surface area contributed by atoms with E-state index in [4.69, 9.17) is 0 Å². The second-order valence-electron chi connectivity index (χ2n) is 13.4. The molecule has 0 bridgehead atoms. The molecule has 49 heavy (non-hydrogen) atoms. The fourth-order valence-corrected chi connectivity index (χ4v) is 16.3. The van der Waals surface area contributed by atoms with E-state index in [0.717, 1.165) is 0 Å². The molecule has 0 aromatic heterocycles. The van der Waals surface area contributed by atoms with Gasteiger partial charge >= 0.3 is 0 Å². The topological polar surface area (TPSA) is 3.24 Å². The van der Waals surface area contributed by atoms with Crippen molar-refractivity contribution in [2.24, 2.45) is 0 Å². The molecule has 0 aliphatic carbocycles. The molecule has 5 heteroatoms. The maximum atomic E-state index is 2.58. The van der Waals surface area contributed by atoms with Crippen molar-refractivity contribution in [2.75, 3.05) is 4.90 Å². The molecule has 0 unspecified atom stereocenters. The number of benzene rings is 7. The summed E-state index contributed by atoms with van der Waals surface area (Å²) in [6.45, 7) is 4.74. The van der Waals surface area contributed by atoms with Crippen LogP contribution in [0.15, 0.2) is 177 Å². The first-order valence-electron chi connectivity index (χ1n) is 17.0. The van der Waals surface area contributed by atoms with Gasteiger partial charge < -0.3 is 4.90 Å². The highest BCUT2D eigenvalue weighted by atomic mass is 32.2. The van der Waals surface area contributed by atoms with Crippen LogP contribution < -0.4 is 42.0 Å². The molecule has 0 radical (unpaired) electrons. The van der Waals surface area contributed by atoms with Crippen LogP contribution in [0.4, 0.5) is 17.1 Å². The molecule has 3 heterocycles. The van der Waals surface area contributed by atoms with Crippen LogP contribution in [0.5, 0.6) is 0 Å². The summed E-state index contributed by atoms with van der Waals surface area (Å²) in [6.07, 6.45) is 0. The van der Waals surface area contributed by atoms with Gasteiger partial charge in [0.1, 0.15) is 0 Å². The molecule has 0 fully saturated rings. The smallest absolute Gasteiger partial charge is 0.247 e. The highest BCUT2D eigenvalue weighted by Crippen LogP contribution is 2.45. The van der Waals surface area contributed by atoms with Gasteiger partial charge in [-0.3, -0.25) is 0 Å². The van der Waals surface area contributed by atoms with Crippen molar-refractivity contribution in [1.82, 2.24) is 0 Å². The van der Waals surface area contributed by atoms with Crippen LogP contribution in [-0.2, 0) is 0 Å². The largest absolute Gasteiger partial charge is 0.311 e. The second kappa shape index (κ2) is 11.2. The molecule has 0 N–H and O–H groups in total. The number of hydrogen-bond acceptors (Lipinski definition) is 3. The van der Waals surface area contributed by atoms with Crippen LogP contribution in [0.1, 0.15) is 11.1 Å². The third kappa shape index (κ3) is 4.29. The normalized spacial score (nSPS) is 14.7. The van der Waals surface area contributed by atoms with Gasteiger partial charge in [0.25, 0.3) is 0 Å². The molecular weight excluding hydrogens is 646 g/mol. The van der Waals surface area contributed by atoms with Gasteiger partial charge in [0.2, 0.25) is 6.71 Å². The minimum Gasteiger partial charge on any atom is -0.311 e. The van der Waals surface area contributed by atoms with Gasteiger partial charge in [0.15, 0.2) is 8.07 Å². The summed E-state index contributed by atoms with van der Waals surface area (Å²) in [6, 6.07) is 60.0. The van der Waals surface area contributed by atoms with Gasteiger partial charge in [-0.15, -0.1) is 0 Å². The van der Waals surface area contributed by atoms with Crippen LogP contribution >= 0.6 is 23.5 Å². The average molecular weight is 678 g/mol. The molecule has 3 aliphatic heterocycles. The van der Waals surface area contributed by atoms with E-state index in [1.165, 1.54) is 84.9 Å². The van der Waals surface area contributed by atoms with Crippen molar-refractivity contribution in [3.63, 3.8) is 0 Å². The van der Waals surface area contributed by atoms with Crippen LogP contribution in [0.2, 0.25) is 0 Å². The molecule has 232 valence electrons. The van der Waals surface area contributed by atoms with Gasteiger partial charge in [-0.2, -0.15) is 0 Å². The first-order chi connectivity index (χ1) is 24.1. The predicted molar refractivity (Wildman–Crippen MR) is 214 cm³/mol. The Morgan fingerprint density at radius 3 is 1.41 bits per heavy atom. The fourth-order valence-electron chi connectivity index (χ4n) is 8.52. The van der Waals surface area contributed by atoms with E-state index in [9.17, 15) is 0 Å². The van der Waals surface area contributed by atoms with E-state index in [1.54, 1.807) is 0 Å². The zero-order valence-electron chi connectivity index (χ0n) is 27.4. The Labute approximate surface area is 298 Å². The second-order valence-corrected chi connectivity index (χ2v) is 19.3. The summed E-state index contributed by atoms with van der Waals surface area (Å²) in [5, 5.41) is 5.73. The van der Waals surface area contributed by atoms with Crippen LogP contribution in [-0.4, -0.2) is 14.8 Å². The van der Waals surface area contributed by atoms with Crippen molar-refractivity contribution in [1.29, 1.82) is 0 Å². The Hall–Kier alpha value is -4.68. The van der Waals surface area contributed by atoms with Crippen molar-refractivity contribution in [3.05, 3.63) is 169 Å². The number of anilines is 3. The molecule has 0 saturated heterocycles. The monoisotopic (exact) mass is 677 g/mol. The SMILES string of the molecule is Cc1ccc2c(c1)[Si](c1ccccc1)(c1ccccc1)c1cc(C)ccc1N2c1cc2c3c(c1)Sc1ccccc1B3c1ccccc1S2. The van der Waals surface area contributed by atoms with Crippen molar-refractivity contribution in [3.8, 4) is 0 Å². The summed E-state index contributed by atoms with van der Waals surface area (Å²) in [7, 11) is -2.71. The zero-order valence-corrected chi connectivity index (χ0v) is 30.0. The van der Waals surface area contributed by atoms with Gasteiger partial charge in [-0.1, -0.05) is 167 Å². The number of fused-ring (bicyclic) bond motifs is 6. The Morgan fingerprint density at radius 1 is 0.469 bits per heavy atom. The van der Waals surface area contributed by atoms with Gasteiger partial charge in [0, 0.05) is 36.6 Å². The van der Waals surface area contributed by atoms with Gasteiger partial charge in [-0.05, 0) is 76.5 Å². The quantitative estimate of drug-likeness (QED) is 0.187. The summed E-state index contributed by atoms with van der Waals surface area (Å²) >= 11 is 3.86. The Bertz CT molecular complexity index is 2280. The minimum atomic E-state index is -2.71. The lowest BCUT2D eigenvalue weighted by Crippen LogP contribution is -2.77. The number of aryl methyl sites for hydroxylation is 2. The lowest BCUT2D eigenvalue weighted by Gasteiger charge is -2.45. The summed E-state index contributed by atoms with van der Waals surface area (Å²) in [5.74, 6) is 0. The first kappa shape index (κ1) is 29.3. The van der Waals surface area contributed by atoms with E-state index in [0.29, 0.717) is 0 Å². The van der Waals surface area contributed by atoms with Gasteiger partial charge in [0.05, 0.1) is 0 Å². The van der Waals surface area contributed by atoms with Crippen molar-refractivity contribution in [2.45, 2.75) is 33.4 Å². The molecule has 3 aliphatic rings. The Morgan fingerprint density at radius 2 is 0.918 bits per heavy atom. The van der Waals surface area contributed by atoms with Crippen LogP contribution in [0, 0.1) is 13.8 Å². The number of rotatable bonds is 3. The molecule has 7 aromatic carbocycles. The van der Waals surface area contributed by atoms with E-state index in [1.807, 2.05) is 23.5 Å². The standard InChI is InChI=1S/C44H32BNS2Si/c1-29-21-23-36-42(25-29)49(32-13-5-3-6-14-32,33-15-7-4-8-16-33)43-26-30(2)22-24-37(43)46(36)31-27-40-44-41(28-31)48-39-20-12-10-18-35(39)45(44)34-17-9-11-19-38(34)47-40/h3-28H,1-2H3. The molecule has 1 nitrogen and oxygen atoms in total. The predicted octanol–water partition coefficient (Wildman–Crippen LogP) is 6.91. The van der Waals surface area contributed by atoms with Gasteiger partial charge in [-0.25, -0.2) is 0 Å². The van der Waals surface area contributed by atoms with E-state index in [2.05, 4.69) is 176 Å². The highest BCUT2D eigenvalue weighted by Gasteiger charge is 2.49. The van der Waals surface area contributed by atoms with E-state index < -0.39 is 8.07 Å². The summed E-state index contributed by atoms with van der Waals surface area (Å²) in [5.41, 5.74) is 10.7. The fraction of sp³-hybridized carbons (Fsp3) is 0.0455. The number of nitrogens with zero attached hydrogens (tertiary/aromatic N) is 1. The average Bonchev–Trinajstić information content (AvgIpc) is 3.14. The molecule has 7 aromatic rings. The van der Waals surface area contributed by atoms with Crippen LogP contribution in [0.3, 0.4) is 0 Å². The first-order valence-corrected chi connectivity index (χ1v) is 20.6. The summed E-state index contributed by atoms with van der Waals surface area (Å²) in [4.78, 5) is 8.01. The maximum Gasteiger partial charge on any atom is 0.247 e. The molecule has 0 saturated carbocycles. The van der Waals surface area contributed by atoms with E-state index in [-0.39, 0.29) is 6.71 Å². The van der Waals surface area contributed by atoms with E-state index >= 15 is 0 Å².